The second-order valence-corrected chi connectivity index (χ2v) is 15.2. The van der Waals surface area contributed by atoms with Gasteiger partial charge in [0, 0.05) is 38.1 Å². The molecule has 2 fully saturated rings. The van der Waals surface area contributed by atoms with Crippen molar-refractivity contribution in [1.82, 2.24) is 40.4 Å². The molecule has 0 bridgehead atoms. The topological polar surface area (TPSA) is 156 Å². The number of nitrogens with one attached hydrogen (secondary N) is 4. The van der Waals surface area contributed by atoms with Gasteiger partial charge < -0.3 is 30.4 Å². The van der Waals surface area contributed by atoms with E-state index >= 15 is 0 Å². The van der Waals surface area contributed by atoms with Gasteiger partial charge in [0.2, 0.25) is 23.6 Å². The van der Waals surface area contributed by atoms with Crippen LogP contribution in [0.2, 0.25) is 0 Å². The number of H-pyrrole nitrogens is 2. The Morgan fingerprint density at radius 3 is 1.33 bits per heavy atom. The number of nitrogens with zero attached hydrogens (tertiary/aromatic N) is 4. The molecule has 8 rings (SSSR count). The highest BCUT2D eigenvalue weighted by atomic mass is 16.2. The lowest BCUT2D eigenvalue weighted by atomic mass is 10.0. The minimum Gasteiger partial charge on any atom is -0.341 e. The zero-order valence-corrected chi connectivity index (χ0v) is 33.5. The summed E-state index contributed by atoms with van der Waals surface area (Å²) in [6, 6.07) is 32.6. The summed E-state index contributed by atoms with van der Waals surface area (Å²) < 4.78 is 0. The molecule has 4 heterocycles. The van der Waals surface area contributed by atoms with Crippen LogP contribution in [0.25, 0.3) is 22.5 Å². The number of hydrogen-bond donors (Lipinski definition) is 4. The molecule has 0 saturated carbocycles. The number of rotatable bonds is 10. The van der Waals surface area contributed by atoms with E-state index in [1.807, 2.05) is 119 Å². The summed E-state index contributed by atoms with van der Waals surface area (Å²) in [5, 5.41) is 5.68. The van der Waals surface area contributed by atoms with Crippen molar-refractivity contribution in [3.63, 3.8) is 0 Å². The minimum absolute atomic E-state index is 0.149. The largest absolute Gasteiger partial charge is 0.341 e. The highest BCUT2D eigenvalue weighted by Crippen LogP contribution is 2.35. The van der Waals surface area contributed by atoms with Gasteiger partial charge in [0.25, 0.3) is 0 Å². The summed E-state index contributed by atoms with van der Waals surface area (Å²) in [5.41, 5.74) is 6.81. The summed E-state index contributed by atoms with van der Waals surface area (Å²) in [6.45, 7) is 4.02. The maximum Gasteiger partial charge on any atom is 0.250 e. The van der Waals surface area contributed by atoms with Crippen LogP contribution in [-0.4, -0.2) is 66.5 Å². The van der Waals surface area contributed by atoms with Gasteiger partial charge in [-0.15, -0.1) is 0 Å². The molecule has 12 heteroatoms. The van der Waals surface area contributed by atoms with E-state index in [0.717, 1.165) is 82.1 Å². The minimum atomic E-state index is -0.763. The number of likely N-dealkylation sites (tertiary alicyclic amines) is 2. The lowest BCUT2D eigenvalue weighted by Gasteiger charge is -2.28. The second kappa shape index (κ2) is 17.7. The van der Waals surface area contributed by atoms with Crippen molar-refractivity contribution in [3.8, 4) is 34.4 Å². The van der Waals surface area contributed by atoms with Crippen LogP contribution in [0, 0.1) is 11.8 Å². The molecule has 2 aliphatic heterocycles. The Bertz CT molecular complexity index is 2360. The Hall–Kier alpha value is -7.26. The lowest BCUT2D eigenvalue weighted by Crippen LogP contribution is -2.42. The zero-order chi connectivity index (χ0) is 41.6. The summed E-state index contributed by atoms with van der Waals surface area (Å²) in [5.74, 6) is 7.14. The fraction of sp³-hybridized carbons (Fsp3) is 0.250. The van der Waals surface area contributed by atoms with Crippen molar-refractivity contribution in [2.75, 3.05) is 13.1 Å². The van der Waals surface area contributed by atoms with Crippen molar-refractivity contribution < 1.29 is 19.2 Å². The van der Waals surface area contributed by atoms with Gasteiger partial charge in [-0.2, -0.15) is 0 Å². The van der Waals surface area contributed by atoms with Crippen LogP contribution in [0.4, 0.5) is 0 Å². The molecule has 4 atom stereocenters. The standard InChI is InChI=1S/C48H46N8O4/c1-31(57)51-43(37-11-5-3-6-12-37)47(59)55-27-9-15-41(55)45-49-29-39(53-45)35-23-19-33(20-24-35)17-18-34-21-25-36(26-22-34)40-30-50-46(54-40)42-16-10-28-56(42)48(60)44(52-32(2)58)38-13-7-4-8-14-38/h3-8,11-14,19-26,29-30,41-44H,9-10,15-16,27-28H2,1-2H3,(H,49,53)(H,50,54)(H,51,57)(H,52,58)/t41-,42-,43+,44+/m0/s1. The SMILES string of the molecule is CC(=O)N[C@@H](C(=O)N1CCC[C@H]1c1ncc(-c2ccc(C#Cc3ccc(-c4cnc([C@@H]5CCCN5C(=O)[C@H](NC(C)=O)c5ccccc5)[nH]4)cc3)cc2)[nH]1)c1ccccc1. The van der Waals surface area contributed by atoms with Crippen LogP contribution in [0.1, 0.15) is 97.6 Å². The molecule has 0 radical (unpaired) electrons. The predicted molar refractivity (Wildman–Crippen MR) is 227 cm³/mol. The van der Waals surface area contributed by atoms with E-state index in [9.17, 15) is 19.2 Å². The zero-order valence-electron chi connectivity index (χ0n) is 33.5. The number of aromatic nitrogens is 4. The first-order valence-corrected chi connectivity index (χ1v) is 20.3. The van der Waals surface area contributed by atoms with Crippen LogP contribution in [0.15, 0.2) is 122 Å². The van der Waals surface area contributed by atoms with Crippen molar-refractivity contribution in [2.24, 2.45) is 0 Å². The third-order valence-corrected chi connectivity index (χ3v) is 11.1. The quantitative estimate of drug-likeness (QED) is 0.110. The van der Waals surface area contributed by atoms with E-state index in [1.165, 1.54) is 13.8 Å². The van der Waals surface area contributed by atoms with Crippen LogP contribution < -0.4 is 10.6 Å². The molecular formula is C48H46N8O4. The van der Waals surface area contributed by atoms with Crippen molar-refractivity contribution in [2.45, 2.75) is 63.7 Å². The fourth-order valence-corrected chi connectivity index (χ4v) is 8.15. The van der Waals surface area contributed by atoms with E-state index < -0.39 is 12.1 Å². The van der Waals surface area contributed by atoms with E-state index in [1.54, 1.807) is 12.4 Å². The van der Waals surface area contributed by atoms with Crippen LogP contribution in [0.3, 0.4) is 0 Å². The summed E-state index contributed by atoms with van der Waals surface area (Å²) in [6.07, 6.45) is 6.83. The Labute approximate surface area is 348 Å². The molecule has 0 spiro atoms. The van der Waals surface area contributed by atoms with E-state index in [2.05, 4.69) is 42.4 Å². The molecule has 2 saturated heterocycles. The van der Waals surface area contributed by atoms with Gasteiger partial charge in [-0.25, -0.2) is 9.97 Å². The summed E-state index contributed by atoms with van der Waals surface area (Å²) >= 11 is 0. The molecule has 60 heavy (non-hydrogen) atoms. The van der Waals surface area contributed by atoms with Crippen LogP contribution >= 0.6 is 0 Å². The number of amides is 4. The van der Waals surface area contributed by atoms with Crippen molar-refractivity contribution in [3.05, 3.63) is 155 Å². The van der Waals surface area contributed by atoms with Gasteiger partial charge in [-0.05, 0) is 72.2 Å². The highest BCUT2D eigenvalue weighted by molar-refractivity contribution is 5.89. The number of carbonyl (C=O) groups excluding carboxylic acids is 4. The maximum absolute atomic E-state index is 13.8. The van der Waals surface area contributed by atoms with E-state index in [0.29, 0.717) is 13.1 Å². The smallest absolute Gasteiger partial charge is 0.250 e. The first kappa shape index (κ1) is 39.6. The molecule has 4 N–H and O–H groups in total. The third kappa shape index (κ3) is 8.76. The number of hydrogen-bond acceptors (Lipinski definition) is 6. The highest BCUT2D eigenvalue weighted by Gasteiger charge is 2.38. The Morgan fingerprint density at radius 2 is 0.967 bits per heavy atom. The van der Waals surface area contributed by atoms with Crippen LogP contribution in [0.5, 0.6) is 0 Å². The number of benzene rings is 4. The van der Waals surface area contributed by atoms with Crippen molar-refractivity contribution >= 4 is 23.6 Å². The monoisotopic (exact) mass is 798 g/mol. The molecule has 2 aliphatic rings. The first-order valence-electron chi connectivity index (χ1n) is 20.3. The predicted octanol–water partition coefficient (Wildman–Crippen LogP) is 6.95. The number of imidazole rings is 2. The number of aromatic amines is 2. The Balaban J connectivity index is 0.902. The van der Waals surface area contributed by atoms with Gasteiger partial charge in [-0.1, -0.05) is 96.8 Å². The first-order chi connectivity index (χ1) is 29.2. The van der Waals surface area contributed by atoms with Crippen LogP contribution in [-0.2, 0) is 19.2 Å². The molecule has 12 nitrogen and oxygen atoms in total. The number of carbonyl (C=O) groups is 4. The van der Waals surface area contributed by atoms with Crippen molar-refractivity contribution in [1.29, 1.82) is 0 Å². The molecule has 2 aromatic heterocycles. The summed E-state index contributed by atoms with van der Waals surface area (Å²) in [4.78, 5) is 71.6. The summed E-state index contributed by atoms with van der Waals surface area (Å²) in [7, 11) is 0. The molecule has 0 unspecified atom stereocenters. The normalized spacial score (nSPS) is 17.0. The van der Waals surface area contributed by atoms with Gasteiger partial charge in [0.05, 0.1) is 35.9 Å². The Morgan fingerprint density at radius 1 is 0.583 bits per heavy atom. The van der Waals surface area contributed by atoms with Gasteiger partial charge in [0.1, 0.15) is 23.7 Å². The molecule has 6 aromatic rings. The molecular weight excluding hydrogens is 753 g/mol. The van der Waals surface area contributed by atoms with E-state index in [4.69, 9.17) is 0 Å². The lowest BCUT2D eigenvalue weighted by molar-refractivity contribution is -0.137. The fourth-order valence-electron chi connectivity index (χ4n) is 8.15. The molecule has 4 aromatic carbocycles. The molecule has 4 amide bonds. The second-order valence-electron chi connectivity index (χ2n) is 15.2. The van der Waals surface area contributed by atoms with Gasteiger partial charge >= 0.3 is 0 Å². The van der Waals surface area contributed by atoms with Gasteiger partial charge in [-0.3, -0.25) is 19.2 Å². The molecule has 302 valence electrons. The van der Waals surface area contributed by atoms with E-state index in [-0.39, 0.29) is 35.7 Å². The average molecular weight is 799 g/mol. The average Bonchev–Trinajstić information content (AvgIpc) is 4.12. The van der Waals surface area contributed by atoms with Gasteiger partial charge in [0.15, 0.2) is 0 Å². The third-order valence-electron chi connectivity index (χ3n) is 11.1. The molecule has 0 aliphatic carbocycles. The Kier molecular flexibility index (Phi) is 11.7. The maximum atomic E-state index is 13.8.